The van der Waals surface area contributed by atoms with E-state index >= 15 is 0 Å². The molecular weight excluding hydrogens is 386 g/mol. The van der Waals surface area contributed by atoms with Crippen molar-refractivity contribution in [1.29, 1.82) is 0 Å². The van der Waals surface area contributed by atoms with Crippen LogP contribution in [0.3, 0.4) is 0 Å². The van der Waals surface area contributed by atoms with Crippen molar-refractivity contribution in [3.63, 3.8) is 0 Å². The van der Waals surface area contributed by atoms with E-state index in [4.69, 9.17) is 44.1 Å². The molecule has 3 rings (SSSR count). The molecule has 0 N–H and O–H groups in total. The number of pyridine rings is 2. The molecule has 0 fully saturated rings. The summed E-state index contributed by atoms with van der Waals surface area (Å²) in [6.45, 7) is -2.92. The van der Waals surface area contributed by atoms with E-state index in [2.05, 4.69) is 9.97 Å². The molecule has 0 unspecified atom stereocenters. The van der Waals surface area contributed by atoms with Crippen molar-refractivity contribution in [3.05, 3.63) is 77.0 Å². The second kappa shape index (κ2) is 7.49. The third-order valence-corrected chi connectivity index (χ3v) is 6.21. The molecule has 0 bridgehead atoms. The first-order chi connectivity index (χ1) is 11.5. The van der Waals surface area contributed by atoms with Crippen molar-refractivity contribution in [2.24, 2.45) is 0 Å². The topological polar surface area (TPSA) is 44.2 Å². The third kappa shape index (κ3) is 4.25. The predicted molar refractivity (Wildman–Crippen MR) is 100 cm³/mol. The number of nitrogens with zero attached hydrogens (tertiary/aromatic N) is 2. The smallest absolute Gasteiger partial charge is 0.322 e. The Balaban J connectivity index is 1.95. The van der Waals surface area contributed by atoms with E-state index in [1.165, 1.54) is 12.4 Å². The van der Waals surface area contributed by atoms with Gasteiger partial charge in [-0.15, -0.1) is 0 Å². The highest BCUT2D eigenvalue weighted by Gasteiger charge is 2.26. The van der Waals surface area contributed by atoms with Crippen molar-refractivity contribution < 1.29 is 9.05 Å². The second-order valence-corrected chi connectivity index (χ2v) is 8.84. The summed E-state index contributed by atoms with van der Waals surface area (Å²) in [4.78, 5) is 8.26. The Kier molecular flexibility index (Phi) is 5.36. The molecule has 2 heterocycles. The molecule has 0 aliphatic carbocycles. The maximum Gasteiger partial charge on any atom is 0.322 e. The molecule has 0 aliphatic heterocycles. The molecule has 8 heteroatoms. The number of halogens is 2. The van der Waals surface area contributed by atoms with E-state index in [1.807, 2.05) is 30.3 Å². The minimum absolute atomic E-state index is 0.334. The summed E-state index contributed by atoms with van der Waals surface area (Å²) in [5.74, 6) is 0.668. The lowest BCUT2D eigenvalue weighted by Gasteiger charge is -2.22. The molecule has 0 radical (unpaired) electrons. The van der Waals surface area contributed by atoms with Gasteiger partial charge in [-0.2, -0.15) is 0 Å². The summed E-state index contributed by atoms with van der Waals surface area (Å²) in [5, 5.41) is 1.76. The first-order valence-corrected chi connectivity index (χ1v) is 10.2. The van der Waals surface area contributed by atoms with Crippen molar-refractivity contribution in [3.8, 4) is 11.8 Å². The molecule has 1 aromatic carbocycles. The van der Waals surface area contributed by atoms with E-state index in [-0.39, 0.29) is 0 Å². The molecule has 0 atom stereocenters. The molecule has 0 aliphatic rings. The molecule has 0 spiro atoms. The highest BCUT2D eigenvalue weighted by molar-refractivity contribution is 8.13. The molecule has 3 aromatic rings. The van der Waals surface area contributed by atoms with Crippen LogP contribution in [0, 0.1) is 0 Å². The van der Waals surface area contributed by atoms with Crippen LogP contribution in [0.1, 0.15) is 0 Å². The Labute approximate surface area is 154 Å². The van der Waals surface area contributed by atoms with Gasteiger partial charge >= 0.3 is 6.49 Å². The zero-order valence-electron chi connectivity index (χ0n) is 12.2. The zero-order chi connectivity index (χ0) is 17.0. The van der Waals surface area contributed by atoms with Crippen molar-refractivity contribution >= 4 is 46.8 Å². The van der Waals surface area contributed by atoms with Crippen molar-refractivity contribution in [2.45, 2.75) is 0 Å². The van der Waals surface area contributed by atoms with Crippen molar-refractivity contribution in [1.82, 2.24) is 9.97 Å². The van der Waals surface area contributed by atoms with Crippen LogP contribution in [0.2, 0.25) is 10.0 Å². The summed E-state index contributed by atoms with van der Waals surface area (Å²) in [7, 11) is 0. The number of hydrogen-bond acceptors (Lipinski definition) is 5. The summed E-state index contributed by atoms with van der Waals surface area (Å²) < 4.78 is 11.9. The molecular formula is C16H11Cl2N2O2PS. The molecule has 2 aromatic heterocycles. The maximum absolute atomic E-state index is 5.94. The first kappa shape index (κ1) is 17.2. The van der Waals surface area contributed by atoms with Crippen LogP contribution in [-0.4, -0.2) is 9.97 Å². The zero-order valence-corrected chi connectivity index (χ0v) is 15.4. The maximum atomic E-state index is 5.94. The Morgan fingerprint density at radius 3 is 1.67 bits per heavy atom. The molecule has 24 heavy (non-hydrogen) atoms. The average molecular weight is 397 g/mol. The van der Waals surface area contributed by atoms with E-state index in [0.29, 0.717) is 21.8 Å². The summed E-state index contributed by atoms with van der Waals surface area (Å²) >= 11 is 17.4. The van der Waals surface area contributed by atoms with Crippen LogP contribution in [0.4, 0.5) is 0 Å². The van der Waals surface area contributed by atoms with Gasteiger partial charge in [0.15, 0.2) is 0 Å². The van der Waals surface area contributed by atoms with E-state index in [9.17, 15) is 0 Å². The van der Waals surface area contributed by atoms with Gasteiger partial charge in [0.2, 0.25) is 11.8 Å². The van der Waals surface area contributed by atoms with Gasteiger partial charge in [-0.05, 0) is 36.1 Å². The molecule has 122 valence electrons. The lowest BCUT2D eigenvalue weighted by molar-refractivity contribution is 0.477. The van der Waals surface area contributed by atoms with Gasteiger partial charge in [-0.1, -0.05) is 41.4 Å². The van der Waals surface area contributed by atoms with Gasteiger partial charge in [0, 0.05) is 24.5 Å². The average Bonchev–Trinajstić information content (AvgIpc) is 2.60. The van der Waals surface area contributed by atoms with Gasteiger partial charge in [-0.25, -0.2) is 9.97 Å². The molecule has 0 amide bonds. The number of hydrogen-bond donors (Lipinski definition) is 0. The van der Waals surface area contributed by atoms with Crippen molar-refractivity contribution in [2.75, 3.05) is 0 Å². The Morgan fingerprint density at radius 2 is 1.25 bits per heavy atom. The minimum Gasteiger partial charge on any atom is -0.414 e. The normalized spacial score (nSPS) is 11.1. The van der Waals surface area contributed by atoms with E-state index < -0.39 is 6.49 Å². The Hall–Kier alpha value is -1.65. The Bertz CT molecular complexity index is 810. The lowest BCUT2D eigenvalue weighted by atomic mass is 10.4. The van der Waals surface area contributed by atoms with E-state index in [0.717, 1.165) is 5.30 Å². The monoisotopic (exact) mass is 396 g/mol. The van der Waals surface area contributed by atoms with E-state index in [1.54, 1.807) is 24.3 Å². The minimum atomic E-state index is -2.92. The summed E-state index contributed by atoms with van der Waals surface area (Å²) in [6.07, 6.45) is 2.98. The second-order valence-electron chi connectivity index (χ2n) is 4.64. The van der Waals surface area contributed by atoms with Gasteiger partial charge in [0.05, 0.1) is 15.3 Å². The fourth-order valence-electron chi connectivity index (χ4n) is 1.81. The quantitative estimate of drug-likeness (QED) is 0.575. The number of rotatable bonds is 5. The fraction of sp³-hybridized carbons (Fsp3) is 0. The van der Waals surface area contributed by atoms with Gasteiger partial charge < -0.3 is 9.05 Å². The highest BCUT2D eigenvalue weighted by Crippen LogP contribution is 2.47. The fourth-order valence-corrected chi connectivity index (χ4v) is 4.35. The first-order valence-electron chi connectivity index (χ1n) is 6.83. The van der Waals surface area contributed by atoms with Crippen LogP contribution in [-0.2, 0) is 11.8 Å². The van der Waals surface area contributed by atoms with Gasteiger partial charge in [0.1, 0.15) is 0 Å². The highest BCUT2D eigenvalue weighted by atomic mass is 35.5. The third-order valence-electron chi connectivity index (χ3n) is 2.90. The number of benzene rings is 1. The lowest BCUT2D eigenvalue weighted by Crippen LogP contribution is -2.15. The van der Waals surface area contributed by atoms with Gasteiger partial charge in [-0.3, -0.25) is 0 Å². The standard InChI is InChI=1S/C16H11Cl2N2O2PS/c17-12-6-8-15(19-10-12)21-23(24,14-4-2-1-3-5-14)22-16-9-7-13(18)11-20-16/h1-11H. The molecule has 4 nitrogen and oxygen atoms in total. The van der Waals surface area contributed by atoms with Gasteiger partial charge in [0.25, 0.3) is 0 Å². The van der Waals surface area contributed by atoms with Crippen LogP contribution < -0.4 is 14.4 Å². The summed E-state index contributed by atoms with van der Waals surface area (Å²) in [6, 6.07) is 16.0. The number of aromatic nitrogens is 2. The van der Waals surface area contributed by atoms with Crippen LogP contribution in [0.5, 0.6) is 11.8 Å². The largest absolute Gasteiger partial charge is 0.414 e. The summed E-state index contributed by atoms with van der Waals surface area (Å²) in [5.41, 5.74) is 0. The molecule has 0 saturated carbocycles. The van der Waals surface area contributed by atoms with Crippen LogP contribution in [0.15, 0.2) is 67.0 Å². The van der Waals surface area contributed by atoms with Crippen LogP contribution >= 0.6 is 29.7 Å². The SMILES string of the molecule is S=P(Oc1ccc(Cl)cn1)(Oc1ccc(Cl)cn1)c1ccccc1. The predicted octanol–water partition coefficient (Wildman–Crippen LogP) is 4.88. The van der Waals surface area contributed by atoms with Crippen LogP contribution in [0.25, 0.3) is 0 Å². The Morgan fingerprint density at radius 1 is 0.750 bits per heavy atom. The molecule has 0 saturated heterocycles.